The molecule has 1 aromatic heterocycles. The van der Waals surface area contributed by atoms with Crippen molar-refractivity contribution in [3.8, 4) is 0 Å². The number of thiol groups is 1. The largest absolute Gasteiger partial charge is 0.205 e. The van der Waals surface area contributed by atoms with E-state index in [0.29, 0.717) is 5.39 Å². The number of halogens is 1. The van der Waals surface area contributed by atoms with Crippen LogP contribution >= 0.6 is 24.0 Å². The average Bonchev–Trinajstić information content (AvgIpc) is 2.50. The molecule has 0 bridgehead atoms. The molecule has 1 heterocycles. The van der Waals surface area contributed by atoms with Gasteiger partial charge in [0, 0.05) is 15.7 Å². The molecule has 0 N–H and O–H groups in total. The molecule has 0 amide bonds. The summed E-state index contributed by atoms with van der Waals surface area (Å²) in [5, 5.41) is 2.22. The lowest BCUT2D eigenvalue weighted by atomic mass is 10.1. The maximum absolute atomic E-state index is 13.1. The van der Waals surface area contributed by atoms with Crippen LogP contribution in [-0.4, -0.2) is 0 Å². The van der Waals surface area contributed by atoms with E-state index in [9.17, 15) is 4.39 Å². The predicted octanol–water partition coefficient (Wildman–Crippen LogP) is 3.89. The zero-order valence-electron chi connectivity index (χ0n) is 7.17. The number of rotatable bonds is 1. The normalized spacial score (nSPS) is 11.0. The highest BCUT2D eigenvalue weighted by Crippen LogP contribution is 2.32. The summed E-state index contributed by atoms with van der Waals surface area (Å²) in [5.74, 6) is -0.141. The smallest absolute Gasteiger partial charge is 0.141 e. The van der Waals surface area contributed by atoms with Crippen molar-refractivity contribution in [2.75, 3.05) is 0 Å². The summed E-state index contributed by atoms with van der Waals surface area (Å²) in [5.41, 5.74) is 1.18. The van der Waals surface area contributed by atoms with Crippen LogP contribution in [0.2, 0.25) is 0 Å². The fourth-order valence-corrected chi connectivity index (χ4v) is 2.77. The second kappa shape index (κ2) is 3.31. The first-order chi connectivity index (χ1) is 6.24. The van der Waals surface area contributed by atoms with E-state index in [-0.39, 0.29) is 5.82 Å². The Morgan fingerprint density at radius 3 is 2.92 bits per heavy atom. The molecule has 2 rings (SSSR count). The van der Waals surface area contributed by atoms with Gasteiger partial charge in [-0.1, -0.05) is 19.1 Å². The molecule has 2 aromatic rings. The van der Waals surface area contributed by atoms with Crippen molar-refractivity contribution in [2.45, 2.75) is 18.2 Å². The van der Waals surface area contributed by atoms with Crippen molar-refractivity contribution in [3.05, 3.63) is 28.9 Å². The molecule has 1 aromatic carbocycles. The number of benzene rings is 1. The third-order valence-corrected chi connectivity index (χ3v) is 3.78. The van der Waals surface area contributed by atoms with Gasteiger partial charge in [0.15, 0.2) is 0 Å². The maximum atomic E-state index is 13.1. The Morgan fingerprint density at radius 2 is 2.23 bits per heavy atom. The summed E-state index contributed by atoms with van der Waals surface area (Å²) in [6.07, 6.45) is 0.939. The van der Waals surface area contributed by atoms with Crippen molar-refractivity contribution < 1.29 is 4.39 Å². The summed E-state index contributed by atoms with van der Waals surface area (Å²) < 4.78 is 14.1. The van der Waals surface area contributed by atoms with Gasteiger partial charge in [0.25, 0.3) is 0 Å². The summed E-state index contributed by atoms with van der Waals surface area (Å²) in [6, 6.07) is 3.78. The second-order valence-corrected chi connectivity index (χ2v) is 4.21. The van der Waals surface area contributed by atoms with Crippen molar-refractivity contribution in [3.63, 3.8) is 0 Å². The van der Waals surface area contributed by atoms with Gasteiger partial charge >= 0.3 is 0 Å². The highest BCUT2D eigenvalue weighted by atomic mass is 32.1. The number of fused-ring (bicyclic) bond motifs is 1. The van der Waals surface area contributed by atoms with Crippen molar-refractivity contribution in [1.29, 1.82) is 0 Å². The Balaban J connectivity index is 2.80. The van der Waals surface area contributed by atoms with Gasteiger partial charge in [0.1, 0.15) is 5.82 Å². The first kappa shape index (κ1) is 9.03. The number of hydrogen-bond acceptors (Lipinski definition) is 2. The molecule has 0 saturated carbocycles. The Labute approximate surface area is 85.8 Å². The molecule has 0 atom stereocenters. The van der Waals surface area contributed by atoms with Crippen molar-refractivity contribution in [2.24, 2.45) is 0 Å². The molecular formula is C10H9FS2. The molecule has 0 aliphatic heterocycles. The van der Waals surface area contributed by atoms with Crippen LogP contribution in [0.1, 0.15) is 12.5 Å². The van der Waals surface area contributed by atoms with Crippen LogP contribution in [0.3, 0.4) is 0 Å². The van der Waals surface area contributed by atoms with E-state index >= 15 is 0 Å². The lowest BCUT2D eigenvalue weighted by Crippen LogP contribution is -1.82. The number of hydrogen-bond donors (Lipinski definition) is 1. The Bertz CT molecular complexity index is 445. The molecule has 0 nitrogen and oxygen atoms in total. The van der Waals surface area contributed by atoms with Crippen LogP contribution in [0.15, 0.2) is 22.4 Å². The standard InChI is InChI=1S/C10H9FS2/c1-2-6-3-4-7-8(11)5-13-10(7)9(6)12/h3-5,12H,2H2,1H3. The minimum atomic E-state index is -0.141. The van der Waals surface area contributed by atoms with E-state index in [4.69, 9.17) is 0 Å². The Hall–Kier alpha value is -0.540. The molecule has 0 spiro atoms. The minimum absolute atomic E-state index is 0.141. The van der Waals surface area contributed by atoms with Crippen LogP contribution in [0, 0.1) is 5.82 Å². The summed E-state index contributed by atoms with van der Waals surface area (Å²) in [4.78, 5) is 0.925. The first-order valence-corrected chi connectivity index (χ1v) is 5.44. The topological polar surface area (TPSA) is 0 Å². The highest BCUT2D eigenvalue weighted by Gasteiger charge is 2.08. The minimum Gasteiger partial charge on any atom is -0.205 e. The van der Waals surface area contributed by atoms with Gasteiger partial charge in [-0.3, -0.25) is 0 Å². The molecule has 0 aliphatic rings. The van der Waals surface area contributed by atoms with Gasteiger partial charge in [-0.15, -0.1) is 24.0 Å². The summed E-state index contributed by atoms with van der Waals surface area (Å²) in [6.45, 7) is 2.07. The van der Waals surface area contributed by atoms with E-state index in [1.54, 1.807) is 0 Å². The lowest BCUT2D eigenvalue weighted by molar-refractivity contribution is 0.644. The quantitative estimate of drug-likeness (QED) is 0.681. The van der Waals surface area contributed by atoms with Crippen LogP contribution in [-0.2, 0) is 6.42 Å². The number of aryl methyl sites for hydroxylation is 1. The highest BCUT2D eigenvalue weighted by molar-refractivity contribution is 7.80. The van der Waals surface area contributed by atoms with Crippen LogP contribution in [0.5, 0.6) is 0 Å². The summed E-state index contributed by atoms with van der Waals surface area (Å²) in [7, 11) is 0. The van der Waals surface area contributed by atoms with Crippen LogP contribution < -0.4 is 0 Å². The zero-order valence-corrected chi connectivity index (χ0v) is 8.88. The van der Waals surface area contributed by atoms with Crippen LogP contribution in [0.4, 0.5) is 4.39 Å². The van der Waals surface area contributed by atoms with E-state index in [1.807, 2.05) is 12.1 Å². The Morgan fingerprint density at radius 1 is 1.46 bits per heavy atom. The van der Waals surface area contributed by atoms with Gasteiger partial charge in [-0.2, -0.15) is 0 Å². The van der Waals surface area contributed by atoms with E-state index in [2.05, 4.69) is 19.6 Å². The second-order valence-electron chi connectivity index (χ2n) is 2.89. The van der Waals surface area contributed by atoms with Gasteiger partial charge in [0.05, 0.1) is 4.70 Å². The Kier molecular flexibility index (Phi) is 2.30. The molecule has 0 saturated heterocycles. The molecular weight excluding hydrogens is 203 g/mol. The van der Waals surface area contributed by atoms with Gasteiger partial charge in [0.2, 0.25) is 0 Å². The third kappa shape index (κ3) is 1.36. The fourth-order valence-electron chi connectivity index (χ4n) is 1.38. The molecule has 0 fully saturated rings. The first-order valence-electron chi connectivity index (χ1n) is 4.11. The van der Waals surface area contributed by atoms with Crippen molar-refractivity contribution >= 4 is 34.1 Å². The maximum Gasteiger partial charge on any atom is 0.141 e. The van der Waals surface area contributed by atoms with E-state index < -0.39 is 0 Å². The summed E-state index contributed by atoms with van der Waals surface area (Å²) >= 11 is 5.82. The van der Waals surface area contributed by atoms with Gasteiger partial charge in [-0.25, -0.2) is 4.39 Å². The molecule has 0 aliphatic carbocycles. The molecule has 3 heteroatoms. The monoisotopic (exact) mass is 212 g/mol. The predicted molar refractivity (Wildman–Crippen MR) is 58.4 cm³/mol. The SMILES string of the molecule is CCc1ccc2c(F)csc2c1S. The fraction of sp³-hybridized carbons (Fsp3) is 0.200. The van der Waals surface area contributed by atoms with Crippen LogP contribution in [0.25, 0.3) is 10.1 Å². The van der Waals surface area contributed by atoms with Gasteiger partial charge < -0.3 is 0 Å². The lowest BCUT2D eigenvalue weighted by Gasteiger charge is -2.02. The molecule has 0 unspecified atom stereocenters. The molecule has 0 radical (unpaired) electrons. The van der Waals surface area contributed by atoms with E-state index in [0.717, 1.165) is 16.0 Å². The number of thiophene rings is 1. The third-order valence-electron chi connectivity index (χ3n) is 2.13. The van der Waals surface area contributed by atoms with E-state index in [1.165, 1.54) is 22.3 Å². The molecule has 13 heavy (non-hydrogen) atoms. The average molecular weight is 212 g/mol. The van der Waals surface area contributed by atoms with Crippen molar-refractivity contribution in [1.82, 2.24) is 0 Å². The molecule has 68 valence electrons. The van der Waals surface area contributed by atoms with Gasteiger partial charge in [-0.05, 0) is 12.0 Å². The zero-order chi connectivity index (χ0) is 9.42.